The number of hydrogen-bond donors (Lipinski definition) is 5. The van der Waals surface area contributed by atoms with Crippen LogP contribution < -0.4 is 26.4 Å². The first kappa shape index (κ1) is 17.0. The molecule has 0 atom stereocenters. The largest absolute Gasteiger partial charge is 0.356 e. The molecule has 118 valence electrons. The van der Waals surface area contributed by atoms with Gasteiger partial charge in [0.05, 0.1) is 12.3 Å². The molecule has 0 unspecified atom stereocenters. The SMILES string of the molecule is CCCCNC(=O)SNNC(=O)NN1CC(C)=NNC1=O. The molecule has 5 N–H and O–H groups in total. The molecule has 0 bridgehead atoms. The molecule has 0 saturated carbocycles. The monoisotopic (exact) mass is 317 g/mol. The second-order valence-electron chi connectivity index (χ2n) is 4.19. The minimum Gasteiger partial charge on any atom is -0.346 e. The molecule has 10 nitrogen and oxygen atoms in total. The summed E-state index contributed by atoms with van der Waals surface area (Å²) in [5.41, 5.74) is 7.41. The van der Waals surface area contributed by atoms with Gasteiger partial charge in [-0.25, -0.2) is 25.4 Å². The Morgan fingerprint density at radius 2 is 2.24 bits per heavy atom. The molecule has 11 heteroatoms. The Morgan fingerprint density at radius 1 is 1.48 bits per heavy atom. The van der Waals surface area contributed by atoms with Crippen LogP contribution in [0.25, 0.3) is 0 Å². The van der Waals surface area contributed by atoms with E-state index in [1.54, 1.807) is 6.92 Å². The van der Waals surface area contributed by atoms with Crippen LogP contribution in [0.15, 0.2) is 5.10 Å². The molecule has 0 aromatic carbocycles. The van der Waals surface area contributed by atoms with Crippen molar-refractivity contribution >= 4 is 35.0 Å². The summed E-state index contributed by atoms with van der Waals surface area (Å²) in [4.78, 5) is 36.6. The number of unbranched alkanes of at least 4 members (excludes halogenated alkanes) is 1. The van der Waals surface area contributed by atoms with Crippen molar-refractivity contribution in [1.82, 2.24) is 31.4 Å². The van der Waals surface area contributed by atoms with Crippen molar-refractivity contribution in [2.75, 3.05) is 13.1 Å². The van der Waals surface area contributed by atoms with Crippen LogP contribution in [0.1, 0.15) is 26.7 Å². The summed E-state index contributed by atoms with van der Waals surface area (Å²) in [6.07, 6.45) is 1.88. The fourth-order valence-corrected chi connectivity index (χ4v) is 1.71. The number of urea groups is 2. The lowest BCUT2D eigenvalue weighted by Gasteiger charge is -2.25. The highest BCUT2D eigenvalue weighted by molar-refractivity contribution is 8.11. The maximum absolute atomic E-state index is 11.5. The highest BCUT2D eigenvalue weighted by atomic mass is 32.2. The molecular weight excluding hydrogens is 298 g/mol. The lowest BCUT2D eigenvalue weighted by molar-refractivity contribution is 0.172. The van der Waals surface area contributed by atoms with Gasteiger partial charge in [0.15, 0.2) is 0 Å². The molecule has 5 amide bonds. The third-order valence-electron chi connectivity index (χ3n) is 2.32. The van der Waals surface area contributed by atoms with Gasteiger partial charge in [0.1, 0.15) is 0 Å². The summed E-state index contributed by atoms with van der Waals surface area (Å²) in [6.45, 7) is 4.50. The third-order valence-corrected chi connectivity index (χ3v) is 2.85. The van der Waals surface area contributed by atoms with Crippen LogP contribution in [0, 0.1) is 0 Å². The van der Waals surface area contributed by atoms with Gasteiger partial charge >= 0.3 is 12.1 Å². The number of hydrogen-bond acceptors (Lipinski definition) is 6. The van der Waals surface area contributed by atoms with Gasteiger partial charge in [0.25, 0.3) is 5.24 Å². The molecule has 1 rings (SSSR count). The zero-order valence-electron chi connectivity index (χ0n) is 11.9. The Kier molecular flexibility index (Phi) is 7.32. The second-order valence-corrected chi connectivity index (χ2v) is 4.97. The maximum Gasteiger partial charge on any atom is 0.356 e. The van der Waals surface area contributed by atoms with Gasteiger partial charge in [-0.3, -0.25) is 10.2 Å². The third kappa shape index (κ3) is 6.81. The first-order chi connectivity index (χ1) is 10.0. The molecule has 0 saturated heterocycles. The van der Waals surface area contributed by atoms with Crippen LogP contribution in [0.2, 0.25) is 0 Å². The van der Waals surface area contributed by atoms with Crippen LogP contribution in [0.5, 0.6) is 0 Å². The number of nitrogens with one attached hydrogen (secondary N) is 5. The quantitative estimate of drug-likeness (QED) is 0.273. The zero-order valence-corrected chi connectivity index (χ0v) is 12.7. The predicted molar refractivity (Wildman–Crippen MR) is 79.0 cm³/mol. The van der Waals surface area contributed by atoms with E-state index in [1.807, 2.05) is 6.92 Å². The Hall–Kier alpha value is -2.01. The van der Waals surface area contributed by atoms with Crippen LogP contribution in [-0.4, -0.2) is 41.1 Å². The van der Waals surface area contributed by atoms with Crippen molar-refractivity contribution in [1.29, 1.82) is 0 Å². The van der Waals surface area contributed by atoms with Gasteiger partial charge in [-0.05, 0) is 13.3 Å². The van der Waals surface area contributed by atoms with Gasteiger partial charge in [0.2, 0.25) is 0 Å². The van der Waals surface area contributed by atoms with E-state index in [0.29, 0.717) is 24.2 Å². The topological polar surface area (TPSA) is 127 Å². The van der Waals surface area contributed by atoms with Gasteiger partial charge in [-0.1, -0.05) is 13.3 Å². The Bertz CT molecular complexity index is 429. The molecule has 0 fully saturated rings. The van der Waals surface area contributed by atoms with E-state index >= 15 is 0 Å². The van der Waals surface area contributed by atoms with E-state index in [0.717, 1.165) is 17.9 Å². The summed E-state index contributed by atoms with van der Waals surface area (Å²) < 4.78 is 0. The molecule has 0 radical (unpaired) electrons. The molecule has 1 aliphatic heterocycles. The van der Waals surface area contributed by atoms with Crippen LogP contribution in [0.3, 0.4) is 0 Å². The van der Waals surface area contributed by atoms with Crippen LogP contribution in [-0.2, 0) is 0 Å². The van der Waals surface area contributed by atoms with E-state index in [1.165, 1.54) is 0 Å². The van der Waals surface area contributed by atoms with Gasteiger partial charge in [0, 0.05) is 18.5 Å². The minimum atomic E-state index is -0.672. The summed E-state index contributed by atoms with van der Waals surface area (Å²) in [6, 6.07) is -1.21. The molecule has 1 aliphatic rings. The van der Waals surface area contributed by atoms with Crippen molar-refractivity contribution in [3.63, 3.8) is 0 Å². The normalized spacial score (nSPS) is 14.1. The van der Waals surface area contributed by atoms with E-state index in [-0.39, 0.29) is 11.8 Å². The summed E-state index contributed by atoms with van der Waals surface area (Å²) in [5, 5.41) is 7.13. The average molecular weight is 317 g/mol. The number of amides is 5. The number of hydrazone groups is 1. The van der Waals surface area contributed by atoms with E-state index in [4.69, 9.17) is 0 Å². The first-order valence-electron chi connectivity index (χ1n) is 6.40. The number of carbonyl (C=O) groups is 3. The fourth-order valence-electron chi connectivity index (χ4n) is 1.30. The number of rotatable bonds is 6. The lowest BCUT2D eigenvalue weighted by atomic mass is 10.3. The number of nitrogens with zero attached hydrogens (tertiary/aromatic N) is 2. The fraction of sp³-hybridized carbons (Fsp3) is 0.600. The standard InChI is InChI=1S/C10H19N7O3S/c1-3-4-5-11-10(20)21-16-13-8(18)15-17-6-7(2)12-14-9(17)19/h16H,3-6H2,1-2H3,(H,11,20)(H,14,19)(H2,13,15,18). The minimum absolute atomic E-state index is 0.184. The Morgan fingerprint density at radius 3 is 2.95 bits per heavy atom. The lowest BCUT2D eigenvalue weighted by Crippen LogP contribution is -2.57. The molecule has 1 heterocycles. The van der Waals surface area contributed by atoms with Gasteiger partial charge in [-0.2, -0.15) is 9.93 Å². The summed E-state index contributed by atoms with van der Waals surface area (Å²) >= 11 is 0.704. The molecule has 0 spiro atoms. The molecule has 21 heavy (non-hydrogen) atoms. The van der Waals surface area contributed by atoms with E-state index in [2.05, 4.69) is 31.5 Å². The molecule has 0 aliphatic carbocycles. The number of hydrazine groups is 2. The summed E-state index contributed by atoms with van der Waals surface area (Å²) in [5.74, 6) is 0. The highest BCUT2D eigenvalue weighted by Gasteiger charge is 2.20. The van der Waals surface area contributed by atoms with Crippen molar-refractivity contribution in [3.05, 3.63) is 0 Å². The molecule has 0 aromatic heterocycles. The van der Waals surface area contributed by atoms with Crippen LogP contribution >= 0.6 is 11.9 Å². The Balaban J connectivity index is 2.18. The first-order valence-corrected chi connectivity index (χ1v) is 7.21. The Labute approximate surface area is 126 Å². The van der Waals surface area contributed by atoms with E-state index in [9.17, 15) is 14.4 Å². The van der Waals surface area contributed by atoms with Gasteiger partial charge < -0.3 is 5.32 Å². The maximum atomic E-state index is 11.5. The smallest absolute Gasteiger partial charge is 0.346 e. The predicted octanol–water partition coefficient (Wildman–Crippen LogP) is 0.264. The van der Waals surface area contributed by atoms with E-state index < -0.39 is 12.1 Å². The summed E-state index contributed by atoms with van der Waals surface area (Å²) in [7, 11) is 0. The van der Waals surface area contributed by atoms with Crippen molar-refractivity contribution in [3.8, 4) is 0 Å². The average Bonchev–Trinajstić information content (AvgIpc) is 2.43. The van der Waals surface area contributed by atoms with Gasteiger partial charge in [-0.15, -0.1) is 0 Å². The van der Waals surface area contributed by atoms with Crippen LogP contribution in [0.4, 0.5) is 14.4 Å². The molecule has 0 aromatic rings. The molecular formula is C10H19N7O3S. The van der Waals surface area contributed by atoms with Crippen molar-refractivity contribution in [2.45, 2.75) is 26.7 Å². The second kappa shape index (κ2) is 9.02. The number of carbonyl (C=O) groups excluding carboxylic acids is 3. The zero-order chi connectivity index (χ0) is 15.7. The van der Waals surface area contributed by atoms with Crippen molar-refractivity contribution in [2.24, 2.45) is 5.10 Å². The van der Waals surface area contributed by atoms with Crippen molar-refractivity contribution < 1.29 is 14.4 Å². The highest BCUT2D eigenvalue weighted by Crippen LogP contribution is 1.95.